The van der Waals surface area contributed by atoms with Crippen molar-refractivity contribution in [3.05, 3.63) is 81.5 Å². The fourth-order valence-electron chi connectivity index (χ4n) is 4.51. The molecular weight excluding hydrogens is 504 g/mol. The summed E-state index contributed by atoms with van der Waals surface area (Å²) in [5.41, 5.74) is 3.23. The van der Waals surface area contributed by atoms with E-state index in [2.05, 4.69) is 11.4 Å². The fraction of sp³-hybridized carbons (Fsp3) is 0.414. The average Bonchev–Trinajstić information content (AvgIpc) is 3.37. The van der Waals surface area contributed by atoms with Gasteiger partial charge in [0.2, 0.25) is 15.9 Å². The predicted octanol–water partition coefficient (Wildman–Crippen LogP) is 5.61. The number of rotatable bonds is 10. The Morgan fingerprint density at radius 2 is 1.73 bits per heavy atom. The van der Waals surface area contributed by atoms with Crippen molar-refractivity contribution < 1.29 is 17.9 Å². The minimum absolute atomic E-state index is 0.124. The molecule has 2 heterocycles. The van der Waals surface area contributed by atoms with Crippen molar-refractivity contribution in [2.75, 3.05) is 26.2 Å². The number of sulfonamides is 1. The third-order valence-electron chi connectivity index (χ3n) is 7.03. The van der Waals surface area contributed by atoms with E-state index >= 15 is 0 Å². The summed E-state index contributed by atoms with van der Waals surface area (Å²) in [5.74, 6) is 0.674. The third-order valence-corrected chi connectivity index (χ3v) is 9.85. The van der Waals surface area contributed by atoms with Crippen LogP contribution in [-0.2, 0) is 21.2 Å². The number of aryl methyl sites for hydroxylation is 2. The second-order valence-electron chi connectivity index (χ2n) is 9.90. The number of nitrogens with zero attached hydrogens (tertiary/aromatic N) is 2. The summed E-state index contributed by atoms with van der Waals surface area (Å²) in [6.45, 7) is 8.94. The first-order chi connectivity index (χ1) is 17.7. The Kier molecular flexibility index (Phi) is 8.72. The molecule has 1 amide bonds. The molecule has 3 aromatic rings. The number of thiophene rings is 1. The van der Waals surface area contributed by atoms with E-state index in [1.807, 2.05) is 52.0 Å². The molecule has 0 spiro atoms. The number of fused-ring (bicyclic) bond motifs is 1. The van der Waals surface area contributed by atoms with Gasteiger partial charge in [-0.15, -0.1) is 11.3 Å². The van der Waals surface area contributed by atoms with E-state index in [0.717, 1.165) is 35.3 Å². The number of carbonyl (C=O) groups is 1. The van der Waals surface area contributed by atoms with E-state index in [-0.39, 0.29) is 29.3 Å². The van der Waals surface area contributed by atoms with Crippen LogP contribution in [0.1, 0.15) is 47.9 Å². The first-order valence-electron chi connectivity index (χ1n) is 12.8. The number of carbonyl (C=O) groups excluding carboxylic acids is 1. The number of amides is 1. The molecule has 37 heavy (non-hydrogen) atoms. The Hall–Kier alpha value is -2.68. The van der Waals surface area contributed by atoms with Crippen molar-refractivity contribution in [3.8, 4) is 5.75 Å². The molecule has 0 saturated carbocycles. The summed E-state index contributed by atoms with van der Waals surface area (Å²) in [4.78, 5) is 17.0. The lowest BCUT2D eigenvalue weighted by Crippen LogP contribution is -2.48. The standard InChI is InChI=1S/C29H36N2O4S2/c1-5-21(2)18-30(37(33,34)25-12-8-23(4)9-13-25)19-29(32)31-16-14-28-26(15-17-36-28)27(31)20-35-24-10-6-22(3)7-11-24/h6-13,15,17,21,27H,5,14,16,18-20H2,1-4H3. The molecule has 1 aromatic heterocycles. The lowest BCUT2D eigenvalue weighted by atomic mass is 10.0. The molecule has 2 aromatic carbocycles. The highest BCUT2D eigenvalue weighted by atomic mass is 32.2. The Morgan fingerprint density at radius 3 is 2.38 bits per heavy atom. The van der Waals surface area contributed by atoms with Gasteiger partial charge in [0.05, 0.1) is 17.5 Å². The van der Waals surface area contributed by atoms with Crippen LogP contribution in [0.4, 0.5) is 0 Å². The zero-order valence-electron chi connectivity index (χ0n) is 22.0. The van der Waals surface area contributed by atoms with Gasteiger partial charge in [-0.05, 0) is 67.5 Å². The number of hydrogen-bond acceptors (Lipinski definition) is 5. The quantitative estimate of drug-likeness (QED) is 0.335. The molecule has 0 aliphatic carbocycles. The zero-order chi connectivity index (χ0) is 26.6. The molecule has 2 unspecified atom stereocenters. The summed E-state index contributed by atoms with van der Waals surface area (Å²) in [6, 6.07) is 16.5. The van der Waals surface area contributed by atoms with Crippen LogP contribution in [0.25, 0.3) is 0 Å². The summed E-state index contributed by atoms with van der Waals surface area (Å²) in [5, 5.41) is 2.05. The molecular formula is C29H36N2O4S2. The van der Waals surface area contributed by atoms with Crippen molar-refractivity contribution in [2.24, 2.45) is 5.92 Å². The van der Waals surface area contributed by atoms with E-state index in [9.17, 15) is 13.2 Å². The lowest BCUT2D eigenvalue weighted by Gasteiger charge is -2.37. The van der Waals surface area contributed by atoms with Crippen molar-refractivity contribution in [1.82, 2.24) is 9.21 Å². The van der Waals surface area contributed by atoms with Gasteiger partial charge in [-0.1, -0.05) is 55.7 Å². The van der Waals surface area contributed by atoms with Crippen LogP contribution >= 0.6 is 11.3 Å². The molecule has 0 saturated heterocycles. The number of ether oxygens (including phenoxy) is 1. The highest BCUT2D eigenvalue weighted by Crippen LogP contribution is 2.34. The molecule has 6 nitrogen and oxygen atoms in total. The predicted molar refractivity (Wildman–Crippen MR) is 149 cm³/mol. The topological polar surface area (TPSA) is 66.9 Å². The first kappa shape index (κ1) is 27.4. The van der Waals surface area contributed by atoms with Crippen LogP contribution in [0, 0.1) is 19.8 Å². The van der Waals surface area contributed by atoms with E-state index in [1.165, 1.54) is 9.18 Å². The van der Waals surface area contributed by atoms with Gasteiger partial charge < -0.3 is 9.64 Å². The van der Waals surface area contributed by atoms with E-state index < -0.39 is 10.0 Å². The van der Waals surface area contributed by atoms with Gasteiger partial charge in [-0.3, -0.25) is 4.79 Å². The second kappa shape index (κ2) is 11.8. The van der Waals surface area contributed by atoms with Crippen LogP contribution in [-0.4, -0.2) is 49.8 Å². The van der Waals surface area contributed by atoms with E-state index in [0.29, 0.717) is 19.7 Å². The van der Waals surface area contributed by atoms with Gasteiger partial charge in [0.1, 0.15) is 12.4 Å². The van der Waals surface area contributed by atoms with Gasteiger partial charge in [-0.25, -0.2) is 8.42 Å². The fourth-order valence-corrected chi connectivity index (χ4v) is 6.95. The van der Waals surface area contributed by atoms with E-state index in [1.54, 1.807) is 40.5 Å². The van der Waals surface area contributed by atoms with Crippen molar-refractivity contribution in [3.63, 3.8) is 0 Å². The zero-order valence-corrected chi connectivity index (χ0v) is 23.6. The van der Waals surface area contributed by atoms with E-state index in [4.69, 9.17) is 4.74 Å². The second-order valence-corrected chi connectivity index (χ2v) is 12.8. The highest BCUT2D eigenvalue weighted by Gasteiger charge is 2.35. The largest absolute Gasteiger partial charge is 0.491 e. The average molecular weight is 541 g/mol. The monoisotopic (exact) mass is 540 g/mol. The van der Waals surface area contributed by atoms with Crippen LogP contribution in [0.2, 0.25) is 0 Å². The van der Waals surface area contributed by atoms with Gasteiger partial charge >= 0.3 is 0 Å². The smallest absolute Gasteiger partial charge is 0.243 e. The molecule has 0 fully saturated rings. The molecule has 0 radical (unpaired) electrons. The summed E-state index contributed by atoms with van der Waals surface area (Å²) < 4.78 is 34.7. The number of benzene rings is 2. The summed E-state index contributed by atoms with van der Waals surface area (Å²) in [6.07, 6.45) is 1.58. The van der Waals surface area contributed by atoms with Crippen molar-refractivity contribution in [1.29, 1.82) is 0 Å². The van der Waals surface area contributed by atoms with Gasteiger partial charge in [0, 0.05) is 18.0 Å². The molecule has 1 aliphatic rings. The Morgan fingerprint density at radius 1 is 1.08 bits per heavy atom. The van der Waals surface area contributed by atoms with Gasteiger partial charge in [0.15, 0.2) is 0 Å². The molecule has 0 bridgehead atoms. The van der Waals surface area contributed by atoms with Gasteiger partial charge in [-0.2, -0.15) is 4.31 Å². The maximum Gasteiger partial charge on any atom is 0.243 e. The van der Waals surface area contributed by atoms with Crippen LogP contribution in [0.5, 0.6) is 5.75 Å². The normalized spacial score (nSPS) is 16.5. The minimum Gasteiger partial charge on any atom is -0.491 e. The molecule has 2 atom stereocenters. The Balaban J connectivity index is 1.58. The van der Waals surface area contributed by atoms with Crippen LogP contribution in [0.15, 0.2) is 64.9 Å². The Labute approximate surface area is 224 Å². The first-order valence-corrected chi connectivity index (χ1v) is 15.1. The summed E-state index contributed by atoms with van der Waals surface area (Å²) >= 11 is 1.69. The molecule has 8 heteroatoms. The van der Waals surface area contributed by atoms with Crippen LogP contribution < -0.4 is 4.74 Å². The highest BCUT2D eigenvalue weighted by molar-refractivity contribution is 7.89. The molecule has 198 valence electrons. The van der Waals surface area contributed by atoms with Crippen molar-refractivity contribution in [2.45, 2.75) is 51.5 Å². The van der Waals surface area contributed by atoms with Crippen LogP contribution in [0.3, 0.4) is 0 Å². The SMILES string of the molecule is CCC(C)CN(CC(=O)N1CCc2sccc2C1COc1ccc(C)cc1)S(=O)(=O)c1ccc(C)cc1. The third kappa shape index (κ3) is 6.43. The minimum atomic E-state index is -3.83. The Bertz CT molecular complexity index is 1300. The maximum atomic E-state index is 13.8. The molecule has 0 N–H and O–H groups in total. The maximum absolute atomic E-state index is 13.8. The summed E-state index contributed by atoms with van der Waals surface area (Å²) in [7, 11) is -3.83. The molecule has 1 aliphatic heterocycles. The molecule has 4 rings (SSSR count). The van der Waals surface area contributed by atoms with Crippen molar-refractivity contribution >= 4 is 27.3 Å². The lowest BCUT2D eigenvalue weighted by molar-refractivity contribution is -0.135. The number of hydrogen-bond donors (Lipinski definition) is 0. The van der Waals surface area contributed by atoms with Gasteiger partial charge in [0.25, 0.3) is 0 Å².